The topological polar surface area (TPSA) is 36.7 Å². The van der Waals surface area contributed by atoms with E-state index in [0.29, 0.717) is 0 Å². The van der Waals surface area contributed by atoms with Crippen molar-refractivity contribution in [2.24, 2.45) is 0 Å². The van der Waals surface area contributed by atoms with E-state index >= 15 is 0 Å². The molecule has 0 spiro atoms. The molecule has 6 heteroatoms. The van der Waals surface area contributed by atoms with E-state index in [1.165, 1.54) is 0 Å². The van der Waals surface area contributed by atoms with Gasteiger partial charge in [-0.25, -0.2) is 13.8 Å². The lowest BCUT2D eigenvalue weighted by molar-refractivity contribution is 0.150. The van der Waals surface area contributed by atoms with E-state index in [1.807, 2.05) is 0 Å². The van der Waals surface area contributed by atoms with E-state index in [2.05, 4.69) is 4.98 Å². The standard InChI is InChI=1S/C8H4ClF3N2/c9-6-5(7(10)11)3-4(1-2-13)8(12)14-6/h3,7H,1H2. The predicted octanol–water partition coefficient (Wildman–Crippen LogP) is 2.88. The van der Waals surface area contributed by atoms with E-state index in [-0.39, 0.29) is 12.0 Å². The van der Waals surface area contributed by atoms with Crippen LogP contribution in [0.5, 0.6) is 0 Å². The first-order valence-corrected chi connectivity index (χ1v) is 3.94. The third-order valence-electron chi connectivity index (χ3n) is 1.53. The third-order valence-corrected chi connectivity index (χ3v) is 1.84. The van der Waals surface area contributed by atoms with Crippen LogP contribution >= 0.6 is 11.6 Å². The zero-order valence-electron chi connectivity index (χ0n) is 6.77. The van der Waals surface area contributed by atoms with Crippen LogP contribution in [0, 0.1) is 17.3 Å². The van der Waals surface area contributed by atoms with Gasteiger partial charge in [-0.05, 0) is 6.07 Å². The van der Waals surface area contributed by atoms with Crippen molar-refractivity contribution >= 4 is 11.6 Å². The summed E-state index contributed by atoms with van der Waals surface area (Å²) in [6, 6.07) is 2.50. The van der Waals surface area contributed by atoms with Crippen molar-refractivity contribution in [2.45, 2.75) is 12.8 Å². The Kier molecular flexibility index (Phi) is 3.31. The van der Waals surface area contributed by atoms with Gasteiger partial charge in [0.05, 0.1) is 18.1 Å². The number of nitrogens with zero attached hydrogens (tertiary/aromatic N) is 2. The zero-order valence-corrected chi connectivity index (χ0v) is 7.52. The molecule has 1 aromatic rings. The van der Waals surface area contributed by atoms with Crippen LogP contribution < -0.4 is 0 Å². The molecule has 0 aliphatic carbocycles. The Morgan fingerprint density at radius 2 is 2.21 bits per heavy atom. The van der Waals surface area contributed by atoms with Crippen molar-refractivity contribution in [3.8, 4) is 6.07 Å². The Balaban J connectivity index is 3.21. The Morgan fingerprint density at radius 1 is 1.57 bits per heavy atom. The fraction of sp³-hybridized carbons (Fsp3) is 0.250. The summed E-state index contributed by atoms with van der Waals surface area (Å²) >= 11 is 5.28. The first kappa shape index (κ1) is 10.8. The van der Waals surface area contributed by atoms with Gasteiger partial charge in [0.25, 0.3) is 6.43 Å². The average molecular weight is 221 g/mol. The van der Waals surface area contributed by atoms with Crippen LogP contribution in [0.4, 0.5) is 13.2 Å². The molecule has 0 saturated carbocycles. The number of halogens is 4. The fourth-order valence-corrected chi connectivity index (χ4v) is 1.10. The maximum absolute atomic E-state index is 12.9. The molecule has 74 valence electrons. The third kappa shape index (κ3) is 2.15. The highest BCUT2D eigenvalue weighted by Gasteiger charge is 2.16. The number of rotatable bonds is 2. The first-order valence-electron chi connectivity index (χ1n) is 3.56. The molecule has 0 atom stereocenters. The van der Waals surface area contributed by atoms with Crippen molar-refractivity contribution in [3.63, 3.8) is 0 Å². The van der Waals surface area contributed by atoms with Crippen molar-refractivity contribution in [1.29, 1.82) is 5.26 Å². The summed E-state index contributed by atoms with van der Waals surface area (Å²) in [5.74, 6) is -0.985. The molecule has 0 amide bonds. The highest BCUT2D eigenvalue weighted by Crippen LogP contribution is 2.27. The van der Waals surface area contributed by atoms with Crippen LogP contribution in [0.2, 0.25) is 5.15 Å². The number of hydrogen-bond donors (Lipinski definition) is 0. The maximum atomic E-state index is 12.9. The average Bonchev–Trinajstić information content (AvgIpc) is 2.09. The summed E-state index contributed by atoms with van der Waals surface area (Å²) in [6.45, 7) is 0. The van der Waals surface area contributed by atoms with Crippen LogP contribution in [0.1, 0.15) is 17.6 Å². The molecule has 0 fully saturated rings. The van der Waals surface area contributed by atoms with Crippen LogP contribution in [0.3, 0.4) is 0 Å². The molecule has 0 saturated heterocycles. The van der Waals surface area contributed by atoms with Crippen LogP contribution in [0.15, 0.2) is 6.07 Å². The van der Waals surface area contributed by atoms with Crippen LogP contribution in [-0.4, -0.2) is 4.98 Å². The van der Waals surface area contributed by atoms with Gasteiger partial charge < -0.3 is 0 Å². The fourth-order valence-electron chi connectivity index (χ4n) is 0.892. The minimum absolute atomic E-state index is 0.174. The summed E-state index contributed by atoms with van der Waals surface area (Å²) in [7, 11) is 0. The lowest BCUT2D eigenvalue weighted by Crippen LogP contribution is -1.98. The molecule has 0 bridgehead atoms. The second-order valence-corrected chi connectivity index (χ2v) is 2.81. The monoisotopic (exact) mass is 220 g/mol. The second-order valence-electron chi connectivity index (χ2n) is 2.45. The molecule has 0 aromatic carbocycles. The molecular weight excluding hydrogens is 217 g/mol. The largest absolute Gasteiger partial charge is 0.266 e. The van der Waals surface area contributed by atoms with E-state index in [1.54, 1.807) is 6.07 Å². The molecule has 1 heterocycles. The minimum Gasteiger partial charge on any atom is -0.207 e. The molecule has 0 radical (unpaired) electrons. The van der Waals surface area contributed by atoms with Crippen molar-refractivity contribution < 1.29 is 13.2 Å². The summed E-state index contributed by atoms with van der Waals surface area (Å²) in [5, 5.41) is 7.71. The zero-order chi connectivity index (χ0) is 10.7. The van der Waals surface area contributed by atoms with E-state index in [9.17, 15) is 13.2 Å². The van der Waals surface area contributed by atoms with Gasteiger partial charge >= 0.3 is 0 Å². The molecular formula is C8H4ClF3N2. The first-order chi connectivity index (χ1) is 6.56. The Hall–Kier alpha value is -1.28. The van der Waals surface area contributed by atoms with Crippen LogP contribution in [-0.2, 0) is 6.42 Å². The predicted molar refractivity (Wildman–Crippen MR) is 43.5 cm³/mol. The quantitative estimate of drug-likeness (QED) is 0.719. The summed E-state index contributed by atoms with van der Waals surface area (Å²) in [5.41, 5.74) is -0.731. The lowest BCUT2D eigenvalue weighted by atomic mass is 10.1. The highest BCUT2D eigenvalue weighted by molar-refractivity contribution is 6.30. The number of nitriles is 1. The Bertz CT molecular complexity index is 387. The van der Waals surface area contributed by atoms with Gasteiger partial charge in [-0.2, -0.15) is 9.65 Å². The van der Waals surface area contributed by atoms with Gasteiger partial charge in [-0.3, -0.25) is 0 Å². The smallest absolute Gasteiger partial charge is 0.207 e. The van der Waals surface area contributed by atoms with E-state index in [0.717, 1.165) is 6.07 Å². The molecule has 0 unspecified atom stereocenters. The maximum Gasteiger partial charge on any atom is 0.266 e. The second kappa shape index (κ2) is 4.29. The van der Waals surface area contributed by atoms with Crippen molar-refractivity contribution in [1.82, 2.24) is 4.98 Å². The number of hydrogen-bond acceptors (Lipinski definition) is 2. The lowest BCUT2D eigenvalue weighted by Gasteiger charge is -2.04. The summed E-state index contributed by atoms with van der Waals surface area (Å²) in [4.78, 5) is 3.08. The Morgan fingerprint density at radius 3 is 2.71 bits per heavy atom. The molecule has 1 rings (SSSR count). The van der Waals surface area contributed by atoms with Crippen molar-refractivity contribution in [3.05, 3.63) is 28.3 Å². The molecule has 14 heavy (non-hydrogen) atoms. The number of alkyl halides is 2. The highest BCUT2D eigenvalue weighted by atomic mass is 35.5. The van der Waals surface area contributed by atoms with E-state index in [4.69, 9.17) is 16.9 Å². The van der Waals surface area contributed by atoms with Gasteiger partial charge in [0.1, 0.15) is 5.15 Å². The van der Waals surface area contributed by atoms with E-state index < -0.39 is 23.1 Å². The molecule has 0 N–H and O–H groups in total. The molecule has 1 aromatic heterocycles. The molecule has 2 nitrogen and oxygen atoms in total. The van der Waals surface area contributed by atoms with Crippen LogP contribution in [0.25, 0.3) is 0 Å². The SMILES string of the molecule is N#CCc1cc(C(F)F)c(Cl)nc1F. The Labute approximate surface area is 82.9 Å². The van der Waals surface area contributed by atoms with Gasteiger partial charge in [0, 0.05) is 5.56 Å². The van der Waals surface area contributed by atoms with Crippen molar-refractivity contribution in [2.75, 3.05) is 0 Å². The van der Waals surface area contributed by atoms with Gasteiger partial charge in [-0.15, -0.1) is 0 Å². The molecule has 0 aliphatic heterocycles. The number of aromatic nitrogens is 1. The van der Waals surface area contributed by atoms with Gasteiger partial charge in [-0.1, -0.05) is 11.6 Å². The van der Waals surface area contributed by atoms with Gasteiger partial charge in [0.15, 0.2) is 0 Å². The normalized spacial score (nSPS) is 10.3. The summed E-state index contributed by atoms with van der Waals surface area (Å²) in [6.07, 6.45) is -3.14. The molecule has 0 aliphatic rings. The number of pyridine rings is 1. The minimum atomic E-state index is -2.83. The summed E-state index contributed by atoms with van der Waals surface area (Å²) < 4.78 is 37.4. The van der Waals surface area contributed by atoms with Gasteiger partial charge in [0.2, 0.25) is 5.95 Å².